The van der Waals surface area contributed by atoms with Gasteiger partial charge in [-0.05, 0) is 44.0 Å². The molecular formula is C25H25ClN4O2S. The SMILES string of the molecule is Cc1ccc(NC(=O)CSc2nc3c(-c4ccccc4)cn(C)c3c(=O)n2C(C)C)cc1Cl. The Hall–Kier alpha value is -3.03. The number of amides is 1. The summed E-state index contributed by atoms with van der Waals surface area (Å²) in [5.41, 5.74) is 4.52. The van der Waals surface area contributed by atoms with Crippen LogP contribution in [0.25, 0.3) is 22.2 Å². The first-order valence-electron chi connectivity index (χ1n) is 10.6. The van der Waals surface area contributed by atoms with Gasteiger partial charge in [-0.25, -0.2) is 4.98 Å². The molecule has 4 aromatic rings. The first-order valence-corrected chi connectivity index (χ1v) is 12.0. The van der Waals surface area contributed by atoms with E-state index in [0.717, 1.165) is 16.7 Å². The molecule has 2 aromatic heterocycles. The highest BCUT2D eigenvalue weighted by molar-refractivity contribution is 7.99. The molecular weight excluding hydrogens is 456 g/mol. The van der Waals surface area contributed by atoms with Gasteiger partial charge in [0.1, 0.15) is 11.0 Å². The number of carbonyl (C=O) groups excluding carboxylic acids is 1. The molecule has 6 nitrogen and oxygen atoms in total. The number of hydrogen-bond acceptors (Lipinski definition) is 4. The summed E-state index contributed by atoms with van der Waals surface area (Å²) in [6.45, 7) is 5.78. The van der Waals surface area contributed by atoms with Crippen LogP contribution in [-0.2, 0) is 11.8 Å². The lowest BCUT2D eigenvalue weighted by atomic mass is 10.1. The van der Waals surface area contributed by atoms with Crippen molar-refractivity contribution < 1.29 is 4.79 Å². The Morgan fingerprint density at radius 3 is 2.58 bits per heavy atom. The van der Waals surface area contributed by atoms with Crippen molar-refractivity contribution in [1.82, 2.24) is 14.1 Å². The van der Waals surface area contributed by atoms with E-state index in [4.69, 9.17) is 16.6 Å². The Kier molecular flexibility index (Phi) is 6.63. The molecule has 170 valence electrons. The Balaban J connectivity index is 1.68. The van der Waals surface area contributed by atoms with Crippen LogP contribution in [-0.4, -0.2) is 25.8 Å². The highest BCUT2D eigenvalue weighted by Gasteiger charge is 2.20. The minimum absolute atomic E-state index is 0.106. The van der Waals surface area contributed by atoms with E-state index in [1.165, 1.54) is 11.8 Å². The average molecular weight is 481 g/mol. The van der Waals surface area contributed by atoms with Gasteiger partial charge >= 0.3 is 0 Å². The number of thioether (sulfide) groups is 1. The molecule has 8 heteroatoms. The molecule has 0 aliphatic heterocycles. The van der Waals surface area contributed by atoms with Crippen LogP contribution in [0, 0.1) is 6.92 Å². The third-order valence-electron chi connectivity index (χ3n) is 5.38. The van der Waals surface area contributed by atoms with Crippen LogP contribution in [0.1, 0.15) is 25.5 Å². The van der Waals surface area contributed by atoms with Gasteiger partial charge < -0.3 is 9.88 Å². The van der Waals surface area contributed by atoms with Gasteiger partial charge in [0.15, 0.2) is 5.16 Å². The van der Waals surface area contributed by atoms with Gasteiger partial charge in [-0.15, -0.1) is 0 Å². The number of hydrogen-bond donors (Lipinski definition) is 1. The molecule has 0 atom stereocenters. The maximum Gasteiger partial charge on any atom is 0.278 e. The Morgan fingerprint density at radius 2 is 1.91 bits per heavy atom. The molecule has 4 rings (SSSR count). The van der Waals surface area contributed by atoms with Crippen LogP contribution in [0.4, 0.5) is 5.69 Å². The second-order valence-corrected chi connectivity index (χ2v) is 9.53. The zero-order valence-corrected chi connectivity index (χ0v) is 20.5. The maximum atomic E-state index is 13.4. The molecule has 1 amide bonds. The van der Waals surface area contributed by atoms with Crippen molar-refractivity contribution in [3.8, 4) is 11.1 Å². The van der Waals surface area contributed by atoms with Gasteiger partial charge in [-0.2, -0.15) is 0 Å². The lowest BCUT2D eigenvalue weighted by Crippen LogP contribution is -2.26. The lowest BCUT2D eigenvalue weighted by molar-refractivity contribution is -0.113. The molecule has 0 radical (unpaired) electrons. The molecule has 0 fully saturated rings. The molecule has 2 aromatic carbocycles. The van der Waals surface area contributed by atoms with Gasteiger partial charge in [0, 0.05) is 35.6 Å². The van der Waals surface area contributed by atoms with Crippen LogP contribution in [0.5, 0.6) is 0 Å². The molecule has 33 heavy (non-hydrogen) atoms. The number of carbonyl (C=O) groups is 1. The fourth-order valence-corrected chi connectivity index (χ4v) is 4.82. The van der Waals surface area contributed by atoms with E-state index in [0.29, 0.717) is 26.9 Å². The van der Waals surface area contributed by atoms with Crippen LogP contribution in [0.3, 0.4) is 0 Å². The number of nitrogens with zero attached hydrogens (tertiary/aromatic N) is 3. The van der Waals surface area contributed by atoms with Crippen molar-refractivity contribution in [1.29, 1.82) is 0 Å². The van der Waals surface area contributed by atoms with E-state index in [2.05, 4.69) is 5.32 Å². The minimum Gasteiger partial charge on any atom is -0.344 e. The normalized spacial score (nSPS) is 11.3. The number of benzene rings is 2. The first kappa shape index (κ1) is 23.1. The number of aromatic nitrogens is 3. The molecule has 0 aliphatic rings. The van der Waals surface area contributed by atoms with E-state index < -0.39 is 0 Å². The van der Waals surface area contributed by atoms with E-state index >= 15 is 0 Å². The average Bonchev–Trinajstić information content (AvgIpc) is 3.11. The smallest absolute Gasteiger partial charge is 0.278 e. The van der Waals surface area contributed by atoms with Crippen molar-refractivity contribution in [2.45, 2.75) is 32.0 Å². The van der Waals surface area contributed by atoms with Gasteiger partial charge in [-0.1, -0.05) is 59.8 Å². The Bertz CT molecular complexity index is 1390. The zero-order valence-electron chi connectivity index (χ0n) is 18.9. The second kappa shape index (κ2) is 9.45. The largest absolute Gasteiger partial charge is 0.344 e. The molecule has 0 unspecified atom stereocenters. The van der Waals surface area contributed by atoms with Gasteiger partial charge in [0.25, 0.3) is 5.56 Å². The highest BCUT2D eigenvalue weighted by atomic mass is 35.5. The third kappa shape index (κ3) is 4.70. The third-order valence-corrected chi connectivity index (χ3v) is 6.74. The highest BCUT2D eigenvalue weighted by Crippen LogP contribution is 2.30. The quantitative estimate of drug-likeness (QED) is 0.285. The predicted molar refractivity (Wildman–Crippen MR) is 136 cm³/mol. The number of rotatable bonds is 6. The van der Waals surface area contributed by atoms with Gasteiger partial charge in [-0.3, -0.25) is 14.2 Å². The van der Waals surface area contributed by atoms with E-state index in [1.54, 1.807) is 10.6 Å². The Labute approximate surface area is 201 Å². The number of aryl methyl sites for hydroxylation is 2. The van der Waals surface area contributed by atoms with Crippen LogP contribution in [0.15, 0.2) is 64.7 Å². The summed E-state index contributed by atoms with van der Waals surface area (Å²) >= 11 is 7.41. The minimum atomic E-state index is -0.194. The standard InChI is InChI=1S/C25H25ClN4O2S/c1-15(2)30-24(32)23-22(19(13-29(23)4)17-8-6-5-7-9-17)28-25(30)33-14-21(31)27-18-11-10-16(3)20(26)12-18/h5-13,15H,14H2,1-4H3,(H,27,31). The summed E-state index contributed by atoms with van der Waals surface area (Å²) in [6.07, 6.45) is 1.93. The summed E-state index contributed by atoms with van der Waals surface area (Å²) in [6, 6.07) is 15.2. The fourth-order valence-electron chi connectivity index (χ4n) is 3.71. The monoisotopic (exact) mass is 480 g/mol. The van der Waals surface area contributed by atoms with Crippen LogP contribution in [0.2, 0.25) is 5.02 Å². The first-order chi connectivity index (χ1) is 15.8. The lowest BCUT2D eigenvalue weighted by Gasteiger charge is -2.16. The molecule has 0 bridgehead atoms. The molecule has 0 saturated heterocycles. The molecule has 0 aliphatic carbocycles. The van der Waals surface area contributed by atoms with Crippen LogP contribution >= 0.6 is 23.4 Å². The van der Waals surface area contributed by atoms with Crippen molar-refractivity contribution in [2.24, 2.45) is 7.05 Å². The summed E-state index contributed by atoms with van der Waals surface area (Å²) in [5.74, 6) is -0.0788. The second-order valence-electron chi connectivity index (χ2n) is 8.18. The van der Waals surface area contributed by atoms with Crippen molar-refractivity contribution in [2.75, 3.05) is 11.1 Å². The van der Waals surface area contributed by atoms with E-state index in [-0.39, 0.29) is 23.3 Å². The summed E-state index contributed by atoms with van der Waals surface area (Å²) in [5, 5.41) is 3.97. The number of halogens is 1. The van der Waals surface area contributed by atoms with Crippen molar-refractivity contribution >= 4 is 46.0 Å². The molecule has 0 spiro atoms. The van der Waals surface area contributed by atoms with E-state index in [1.807, 2.05) is 81.0 Å². The predicted octanol–water partition coefficient (Wildman–Crippen LogP) is 5.68. The number of anilines is 1. The Morgan fingerprint density at radius 1 is 1.18 bits per heavy atom. The number of nitrogens with one attached hydrogen (secondary N) is 1. The topological polar surface area (TPSA) is 68.9 Å². The van der Waals surface area contributed by atoms with Crippen molar-refractivity contribution in [3.63, 3.8) is 0 Å². The molecule has 2 heterocycles. The van der Waals surface area contributed by atoms with Crippen LogP contribution < -0.4 is 10.9 Å². The summed E-state index contributed by atoms with van der Waals surface area (Å²) < 4.78 is 3.48. The fraction of sp³-hybridized carbons (Fsp3) is 0.240. The number of fused-ring (bicyclic) bond motifs is 1. The van der Waals surface area contributed by atoms with E-state index in [9.17, 15) is 9.59 Å². The van der Waals surface area contributed by atoms with Gasteiger partial charge in [0.2, 0.25) is 5.91 Å². The maximum absolute atomic E-state index is 13.4. The van der Waals surface area contributed by atoms with Gasteiger partial charge in [0.05, 0.1) is 5.75 Å². The summed E-state index contributed by atoms with van der Waals surface area (Å²) in [7, 11) is 1.86. The summed E-state index contributed by atoms with van der Waals surface area (Å²) in [4.78, 5) is 30.9. The molecule has 0 saturated carbocycles. The zero-order chi connectivity index (χ0) is 23.7. The van der Waals surface area contributed by atoms with Crippen molar-refractivity contribution in [3.05, 3.63) is 75.7 Å². The molecule has 1 N–H and O–H groups in total.